The van der Waals surface area contributed by atoms with Gasteiger partial charge in [0.05, 0.1) is 17.1 Å². The first-order valence-corrected chi connectivity index (χ1v) is 12.1. The van der Waals surface area contributed by atoms with Gasteiger partial charge in [-0.1, -0.05) is 12.1 Å². The van der Waals surface area contributed by atoms with Crippen LogP contribution in [-0.2, 0) is 9.84 Å². The van der Waals surface area contributed by atoms with Crippen molar-refractivity contribution in [2.75, 3.05) is 31.8 Å². The molecular formula is C24H25N3O5S. The van der Waals surface area contributed by atoms with E-state index in [1.54, 1.807) is 66.7 Å². The second kappa shape index (κ2) is 10.7. The summed E-state index contributed by atoms with van der Waals surface area (Å²) in [6, 6.07) is 16.4. The summed E-state index contributed by atoms with van der Waals surface area (Å²) in [5.74, 6) is -0.0336. The van der Waals surface area contributed by atoms with Crippen LogP contribution in [0.3, 0.4) is 0 Å². The standard InChI is InChI=1S/C24H25N3O5S/c1-27(13-6-14-32-21-10-4-11-22(16-21)33(2,30)31)24(29)18-7-3-9-20(15-18)26-23(28)19-8-5-12-25-17-19/h3-5,7-12,15-17H,6,13-14H2,1-2H3,(H,26,28). The minimum Gasteiger partial charge on any atom is -0.493 e. The summed E-state index contributed by atoms with van der Waals surface area (Å²) in [5, 5.41) is 2.77. The average Bonchev–Trinajstić information content (AvgIpc) is 2.81. The Balaban J connectivity index is 1.52. The van der Waals surface area contributed by atoms with Crippen molar-refractivity contribution in [3.8, 4) is 5.75 Å². The van der Waals surface area contributed by atoms with Crippen molar-refractivity contribution in [2.45, 2.75) is 11.3 Å². The molecule has 0 spiro atoms. The van der Waals surface area contributed by atoms with Crippen LogP contribution in [0.5, 0.6) is 5.75 Å². The first-order valence-electron chi connectivity index (χ1n) is 10.2. The molecule has 3 rings (SSSR count). The van der Waals surface area contributed by atoms with Crippen molar-refractivity contribution in [3.63, 3.8) is 0 Å². The third-order valence-corrected chi connectivity index (χ3v) is 5.89. The SMILES string of the molecule is CN(CCCOc1cccc(S(C)(=O)=O)c1)C(=O)c1cccc(NC(=O)c2cccnc2)c1. The van der Waals surface area contributed by atoms with E-state index in [0.717, 1.165) is 6.26 Å². The molecule has 8 nitrogen and oxygen atoms in total. The fourth-order valence-electron chi connectivity index (χ4n) is 3.04. The molecule has 0 aliphatic carbocycles. The number of nitrogens with zero attached hydrogens (tertiary/aromatic N) is 2. The number of aromatic nitrogens is 1. The lowest BCUT2D eigenvalue weighted by molar-refractivity contribution is 0.0787. The van der Waals surface area contributed by atoms with E-state index in [-0.39, 0.29) is 16.7 Å². The first-order chi connectivity index (χ1) is 15.7. The van der Waals surface area contributed by atoms with E-state index < -0.39 is 9.84 Å². The van der Waals surface area contributed by atoms with Crippen molar-refractivity contribution in [2.24, 2.45) is 0 Å². The molecule has 172 valence electrons. The molecule has 0 saturated heterocycles. The van der Waals surface area contributed by atoms with E-state index in [0.29, 0.717) is 42.1 Å². The maximum atomic E-state index is 12.8. The number of nitrogens with one attached hydrogen (secondary N) is 1. The zero-order valence-corrected chi connectivity index (χ0v) is 19.2. The van der Waals surface area contributed by atoms with Gasteiger partial charge in [0, 0.05) is 43.5 Å². The number of carbonyl (C=O) groups excluding carboxylic acids is 2. The largest absolute Gasteiger partial charge is 0.493 e. The molecule has 3 aromatic rings. The van der Waals surface area contributed by atoms with Crippen LogP contribution in [0.15, 0.2) is 78.0 Å². The van der Waals surface area contributed by atoms with Crippen LogP contribution in [-0.4, -0.2) is 56.6 Å². The summed E-state index contributed by atoms with van der Waals surface area (Å²) >= 11 is 0. The van der Waals surface area contributed by atoms with Crippen LogP contribution in [0.2, 0.25) is 0 Å². The number of ether oxygens (including phenoxy) is 1. The normalized spacial score (nSPS) is 11.0. The van der Waals surface area contributed by atoms with Crippen LogP contribution in [0.4, 0.5) is 5.69 Å². The van der Waals surface area contributed by atoms with Gasteiger partial charge < -0.3 is 15.0 Å². The smallest absolute Gasteiger partial charge is 0.257 e. The monoisotopic (exact) mass is 467 g/mol. The Kier molecular flexibility index (Phi) is 7.78. The number of carbonyl (C=O) groups is 2. The van der Waals surface area contributed by atoms with Gasteiger partial charge in [0.25, 0.3) is 11.8 Å². The summed E-state index contributed by atoms with van der Waals surface area (Å²) in [6.07, 6.45) is 4.76. The molecule has 2 amide bonds. The average molecular weight is 468 g/mol. The molecule has 2 aromatic carbocycles. The highest BCUT2D eigenvalue weighted by molar-refractivity contribution is 7.90. The van der Waals surface area contributed by atoms with Crippen LogP contribution >= 0.6 is 0 Å². The number of benzene rings is 2. The number of sulfone groups is 1. The van der Waals surface area contributed by atoms with Crippen molar-refractivity contribution < 1.29 is 22.7 Å². The molecule has 1 aromatic heterocycles. The molecule has 1 heterocycles. The highest BCUT2D eigenvalue weighted by Crippen LogP contribution is 2.18. The number of hydrogen-bond donors (Lipinski definition) is 1. The van der Waals surface area contributed by atoms with E-state index >= 15 is 0 Å². The Morgan fingerprint density at radius 2 is 1.79 bits per heavy atom. The summed E-state index contributed by atoms with van der Waals surface area (Å²) in [5.41, 5.74) is 1.38. The number of amides is 2. The summed E-state index contributed by atoms with van der Waals surface area (Å²) < 4.78 is 28.9. The maximum absolute atomic E-state index is 12.8. The fraction of sp³-hybridized carbons (Fsp3) is 0.208. The molecule has 0 fully saturated rings. The van der Waals surface area contributed by atoms with Crippen LogP contribution in [0.25, 0.3) is 0 Å². The first kappa shape index (κ1) is 23.9. The third kappa shape index (κ3) is 6.88. The lowest BCUT2D eigenvalue weighted by Crippen LogP contribution is -2.28. The van der Waals surface area contributed by atoms with E-state index in [4.69, 9.17) is 4.74 Å². The van der Waals surface area contributed by atoms with Gasteiger partial charge >= 0.3 is 0 Å². The lowest BCUT2D eigenvalue weighted by Gasteiger charge is -2.18. The second-order valence-electron chi connectivity index (χ2n) is 7.45. The minimum absolute atomic E-state index is 0.188. The van der Waals surface area contributed by atoms with Gasteiger partial charge in [-0.15, -0.1) is 0 Å². The molecule has 0 bridgehead atoms. The van der Waals surface area contributed by atoms with Crippen molar-refractivity contribution in [1.82, 2.24) is 9.88 Å². The van der Waals surface area contributed by atoms with Crippen LogP contribution in [0.1, 0.15) is 27.1 Å². The summed E-state index contributed by atoms with van der Waals surface area (Å²) in [4.78, 5) is 30.8. The zero-order chi connectivity index (χ0) is 23.8. The lowest BCUT2D eigenvalue weighted by atomic mass is 10.1. The fourth-order valence-corrected chi connectivity index (χ4v) is 3.69. The van der Waals surface area contributed by atoms with E-state index in [1.807, 2.05) is 0 Å². The van der Waals surface area contributed by atoms with E-state index in [1.165, 1.54) is 18.3 Å². The van der Waals surface area contributed by atoms with Crippen molar-refractivity contribution in [1.29, 1.82) is 0 Å². The molecule has 0 atom stereocenters. The van der Waals surface area contributed by atoms with Crippen molar-refractivity contribution >= 4 is 27.3 Å². The predicted octanol–water partition coefficient (Wildman–Crippen LogP) is 3.28. The number of pyridine rings is 1. The van der Waals surface area contributed by atoms with Crippen molar-refractivity contribution in [3.05, 3.63) is 84.2 Å². The highest BCUT2D eigenvalue weighted by Gasteiger charge is 2.13. The number of hydrogen-bond acceptors (Lipinski definition) is 6. The molecule has 0 aliphatic heterocycles. The Bertz CT molecular complexity index is 1230. The van der Waals surface area contributed by atoms with Gasteiger partial charge in [-0.05, 0) is 55.0 Å². The Morgan fingerprint density at radius 3 is 2.52 bits per heavy atom. The highest BCUT2D eigenvalue weighted by atomic mass is 32.2. The number of rotatable bonds is 9. The molecule has 1 N–H and O–H groups in total. The quantitative estimate of drug-likeness (QED) is 0.484. The Hall–Kier alpha value is -3.72. The van der Waals surface area contributed by atoms with Gasteiger partial charge in [0.15, 0.2) is 9.84 Å². The Labute approximate surface area is 193 Å². The zero-order valence-electron chi connectivity index (χ0n) is 18.4. The molecule has 0 aliphatic rings. The van der Waals surface area contributed by atoms with Gasteiger partial charge in [0.1, 0.15) is 5.75 Å². The molecule has 9 heteroatoms. The molecule has 0 saturated carbocycles. The van der Waals surface area contributed by atoms with E-state index in [2.05, 4.69) is 10.3 Å². The summed E-state index contributed by atoms with van der Waals surface area (Å²) in [6.45, 7) is 0.767. The third-order valence-electron chi connectivity index (χ3n) is 4.78. The van der Waals surface area contributed by atoms with E-state index in [9.17, 15) is 18.0 Å². The van der Waals surface area contributed by atoms with Gasteiger partial charge in [-0.3, -0.25) is 14.6 Å². The van der Waals surface area contributed by atoms with Gasteiger partial charge in [-0.25, -0.2) is 8.42 Å². The van der Waals surface area contributed by atoms with Gasteiger partial charge in [-0.2, -0.15) is 0 Å². The maximum Gasteiger partial charge on any atom is 0.257 e. The van der Waals surface area contributed by atoms with Gasteiger partial charge in [0.2, 0.25) is 0 Å². The predicted molar refractivity (Wildman–Crippen MR) is 125 cm³/mol. The molecular weight excluding hydrogens is 442 g/mol. The molecule has 33 heavy (non-hydrogen) atoms. The molecule has 0 radical (unpaired) electrons. The van der Waals surface area contributed by atoms with Crippen LogP contribution in [0, 0.1) is 0 Å². The molecule has 0 unspecified atom stereocenters. The van der Waals surface area contributed by atoms with Crippen LogP contribution < -0.4 is 10.1 Å². The second-order valence-corrected chi connectivity index (χ2v) is 9.47. The summed E-state index contributed by atoms with van der Waals surface area (Å²) in [7, 11) is -1.61. The topological polar surface area (TPSA) is 106 Å². The Morgan fingerprint density at radius 1 is 1.03 bits per heavy atom. The minimum atomic E-state index is -3.30. The number of anilines is 1.